The Morgan fingerprint density at radius 1 is 1.33 bits per heavy atom. The van der Waals surface area contributed by atoms with Crippen LogP contribution in [0.15, 0.2) is 11.6 Å². The Hall–Kier alpha value is -1.32. The van der Waals surface area contributed by atoms with E-state index in [0.29, 0.717) is 12.8 Å². The Morgan fingerprint density at radius 2 is 1.92 bits per heavy atom. The minimum Gasteiger partial charge on any atom is -0.478 e. The molecule has 0 aromatic carbocycles. The molecule has 0 spiro atoms. The minimum atomic E-state index is -1.21. The second-order valence-corrected chi connectivity index (χ2v) is 2.42. The average Bonchev–Trinajstić information content (AvgIpc) is 1.96. The zero-order valence-electron chi connectivity index (χ0n) is 6.91. The van der Waals surface area contributed by atoms with Crippen LogP contribution >= 0.6 is 0 Å². The number of rotatable bonds is 5. The van der Waals surface area contributed by atoms with Crippen molar-refractivity contribution in [3.05, 3.63) is 11.6 Å². The van der Waals surface area contributed by atoms with E-state index in [0.717, 1.165) is 12.5 Å². The van der Waals surface area contributed by atoms with E-state index >= 15 is 0 Å². The summed E-state index contributed by atoms with van der Waals surface area (Å²) < 4.78 is 0. The summed E-state index contributed by atoms with van der Waals surface area (Å²) in [6.07, 6.45) is 2.62. The van der Waals surface area contributed by atoms with Crippen LogP contribution in [-0.4, -0.2) is 22.2 Å². The van der Waals surface area contributed by atoms with Gasteiger partial charge < -0.3 is 10.2 Å². The second-order valence-electron chi connectivity index (χ2n) is 2.42. The molecule has 0 unspecified atom stereocenters. The molecule has 0 atom stereocenters. The predicted octanol–water partition coefficient (Wildman–Crippen LogP) is 1.27. The molecule has 0 aromatic heterocycles. The van der Waals surface area contributed by atoms with Gasteiger partial charge in [-0.2, -0.15) is 0 Å². The molecule has 0 aromatic rings. The van der Waals surface area contributed by atoms with Crippen LogP contribution in [0, 0.1) is 0 Å². The third-order valence-electron chi connectivity index (χ3n) is 1.37. The largest absolute Gasteiger partial charge is 0.478 e. The first kappa shape index (κ1) is 10.7. The lowest BCUT2D eigenvalue weighted by Crippen LogP contribution is -2.03. The van der Waals surface area contributed by atoms with Gasteiger partial charge in [0.1, 0.15) is 0 Å². The van der Waals surface area contributed by atoms with Crippen molar-refractivity contribution >= 4 is 11.9 Å². The fourth-order valence-electron chi connectivity index (χ4n) is 0.757. The number of carboxylic acid groups (broad SMARTS) is 2. The van der Waals surface area contributed by atoms with Gasteiger partial charge in [-0.25, -0.2) is 9.59 Å². The van der Waals surface area contributed by atoms with Gasteiger partial charge in [0.05, 0.1) is 0 Å². The Bertz CT molecular complexity index is 205. The van der Waals surface area contributed by atoms with Gasteiger partial charge in [-0.15, -0.1) is 0 Å². The molecule has 0 amide bonds. The lowest BCUT2D eigenvalue weighted by atomic mass is 10.1. The number of hydrogen-bond donors (Lipinski definition) is 2. The molecule has 0 aliphatic rings. The summed E-state index contributed by atoms with van der Waals surface area (Å²) in [5.41, 5.74) is -0.0376. The van der Waals surface area contributed by atoms with Gasteiger partial charge in [-0.3, -0.25) is 0 Å². The maximum atomic E-state index is 10.4. The smallest absolute Gasteiger partial charge is 0.331 e. The van der Waals surface area contributed by atoms with E-state index in [2.05, 4.69) is 0 Å². The van der Waals surface area contributed by atoms with E-state index in [1.54, 1.807) is 0 Å². The quantitative estimate of drug-likeness (QED) is 0.612. The molecule has 12 heavy (non-hydrogen) atoms. The van der Waals surface area contributed by atoms with Crippen LogP contribution in [-0.2, 0) is 9.59 Å². The monoisotopic (exact) mass is 172 g/mol. The molecule has 4 heteroatoms. The van der Waals surface area contributed by atoms with Crippen molar-refractivity contribution in [1.82, 2.24) is 0 Å². The molecular formula is C8H12O4. The maximum absolute atomic E-state index is 10.4. The number of carboxylic acids is 2. The van der Waals surface area contributed by atoms with Crippen LogP contribution in [0.5, 0.6) is 0 Å². The Kier molecular flexibility index (Phi) is 4.76. The van der Waals surface area contributed by atoms with Crippen molar-refractivity contribution in [2.75, 3.05) is 0 Å². The summed E-state index contributed by atoms with van der Waals surface area (Å²) in [7, 11) is 0. The molecule has 68 valence electrons. The first-order valence-electron chi connectivity index (χ1n) is 3.74. The Morgan fingerprint density at radius 3 is 2.25 bits per heavy atom. The highest BCUT2D eigenvalue weighted by molar-refractivity contribution is 5.94. The van der Waals surface area contributed by atoms with Crippen LogP contribution < -0.4 is 0 Å². The third kappa shape index (κ3) is 4.49. The van der Waals surface area contributed by atoms with Crippen LogP contribution in [0.2, 0.25) is 0 Å². The van der Waals surface area contributed by atoms with Crippen LogP contribution in [0.3, 0.4) is 0 Å². The van der Waals surface area contributed by atoms with E-state index in [-0.39, 0.29) is 5.57 Å². The zero-order valence-corrected chi connectivity index (χ0v) is 6.91. The molecule has 0 saturated heterocycles. The summed E-state index contributed by atoms with van der Waals surface area (Å²) in [6.45, 7) is 1.92. The highest BCUT2D eigenvalue weighted by atomic mass is 16.4. The summed E-state index contributed by atoms with van der Waals surface area (Å²) in [5, 5.41) is 16.8. The van der Waals surface area contributed by atoms with Gasteiger partial charge in [0.15, 0.2) is 0 Å². The van der Waals surface area contributed by atoms with Crippen molar-refractivity contribution < 1.29 is 19.8 Å². The van der Waals surface area contributed by atoms with E-state index in [9.17, 15) is 9.59 Å². The van der Waals surface area contributed by atoms with Crippen molar-refractivity contribution in [1.29, 1.82) is 0 Å². The SMILES string of the molecule is CCCCC(=CC(=O)O)C(=O)O. The fourth-order valence-corrected chi connectivity index (χ4v) is 0.757. The van der Waals surface area contributed by atoms with E-state index in [1.807, 2.05) is 6.92 Å². The third-order valence-corrected chi connectivity index (χ3v) is 1.37. The van der Waals surface area contributed by atoms with E-state index in [1.165, 1.54) is 0 Å². The van der Waals surface area contributed by atoms with Gasteiger partial charge in [0, 0.05) is 11.6 Å². The van der Waals surface area contributed by atoms with Gasteiger partial charge >= 0.3 is 11.9 Å². The molecule has 0 heterocycles. The number of unbranched alkanes of at least 4 members (excludes halogenated alkanes) is 1. The molecule has 2 N–H and O–H groups in total. The molecule has 0 aliphatic heterocycles. The molecule has 0 aliphatic carbocycles. The predicted molar refractivity (Wildman–Crippen MR) is 42.9 cm³/mol. The van der Waals surface area contributed by atoms with Crippen molar-refractivity contribution in [2.45, 2.75) is 26.2 Å². The highest BCUT2D eigenvalue weighted by Gasteiger charge is 2.07. The molecule has 0 bridgehead atoms. The van der Waals surface area contributed by atoms with Crippen LogP contribution in [0.4, 0.5) is 0 Å². The first-order valence-corrected chi connectivity index (χ1v) is 3.74. The van der Waals surface area contributed by atoms with Crippen molar-refractivity contribution in [2.24, 2.45) is 0 Å². The molecule has 0 radical (unpaired) electrons. The maximum Gasteiger partial charge on any atom is 0.331 e. The molecule has 4 nitrogen and oxygen atoms in total. The fraction of sp³-hybridized carbons (Fsp3) is 0.500. The molecule has 0 fully saturated rings. The lowest BCUT2D eigenvalue weighted by Gasteiger charge is -1.97. The van der Waals surface area contributed by atoms with E-state index < -0.39 is 11.9 Å². The number of aliphatic carboxylic acids is 2. The summed E-state index contributed by atoms with van der Waals surface area (Å²) in [4.78, 5) is 20.5. The van der Waals surface area contributed by atoms with Gasteiger partial charge in [0.25, 0.3) is 0 Å². The van der Waals surface area contributed by atoms with Gasteiger partial charge in [-0.1, -0.05) is 13.3 Å². The van der Waals surface area contributed by atoms with Gasteiger partial charge in [-0.05, 0) is 12.8 Å². The standard InChI is InChI=1S/C8H12O4/c1-2-3-4-6(8(11)12)5-7(9)10/h5H,2-4H2,1H3,(H,9,10)(H,11,12). The van der Waals surface area contributed by atoms with Crippen molar-refractivity contribution in [3.8, 4) is 0 Å². The highest BCUT2D eigenvalue weighted by Crippen LogP contribution is 2.06. The van der Waals surface area contributed by atoms with Crippen LogP contribution in [0.1, 0.15) is 26.2 Å². The Labute approximate surface area is 70.5 Å². The van der Waals surface area contributed by atoms with Gasteiger partial charge in [0.2, 0.25) is 0 Å². The molecular weight excluding hydrogens is 160 g/mol. The normalized spacial score (nSPS) is 11.2. The Balaban J connectivity index is 4.23. The summed E-state index contributed by atoms with van der Waals surface area (Å²) >= 11 is 0. The second kappa shape index (κ2) is 5.35. The van der Waals surface area contributed by atoms with Crippen molar-refractivity contribution in [3.63, 3.8) is 0 Å². The number of hydrogen-bond acceptors (Lipinski definition) is 2. The minimum absolute atomic E-state index is 0.0376. The zero-order chi connectivity index (χ0) is 9.56. The molecule has 0 rings (SSSR count). The van der Waals surface area contributed by atoms with Crippen LogP contribution in [0.25, 0.3) is 0 Å². The number of carbonyl (C=O) groups is 2. The summed E-state index contributed by atoms with van der Waals surface area (Å²) in [6, 6.07) is 0. The average molecular weight is 172 g/mol. The summed E-state index contributed by atoms with van der Waals surface area (Å²) in [5.74, 6) is -2.35. The first-order chi connectivity index (χ1) is 5.57. The molecule has 0 saturated carbocycles. The van der Waals surface area contributed by atoms with E-state index in [4.69, 9.17) is 10.2 Å². The topological polar surface area (TPSA) is 74.6 Å². The lowest BCUT2D eigenvalue weighted by molar-refractivity contribution is -0.135.